The molecular weight excluding hydrogens is 286 g/mol. The van der Waals surface area contributed by atoms with Gasteiger partial charge in [-0.1, -0.05) is 12.1 Å². The van der Waals surface area contributed by atoms with Gasteiger partial charge in [0.2, 0.25) is 5.91 Å². The maximum atomic E-state index is 11.8. The lowest BCUT2D eigenvalue weighted by Gasteiger charge is -2.21. The summed E-state index contributed by atoms with van der Waals surface area (Å²) in [5, 5.41) is 4.68. The van der Waals surface area contributed by atoms with E-state index in [1.165, 1.54) is 18.3 Å². The van der Waals surface area contributed by atoms with Gasteiger partial charge in [0.15, 0.2) is 0 Å². The first kappa shape index (κ1) is 15.2. The highest BCUT2D eigenvalue weighted by Gasteiger charge is 2.11. The van der Waals surface area contributed by atoms with Crippen LogP contribution in [0.4, 0.5) is 0 Å². The fourth-order valence-electron chi connectivity index (χ4n) is 1.86. The highest BCUT2D eigenvalue weighted by atomic mass is 32.1. The van der Waals surface area contributed by atoms with Crippen LogP contribution in [0.25, 0.3) is 0 Å². The SMILES string of the molecule is CC(=O)N(CCNC(=O)c1cccs1)Cc1cccnc1. The minimum atomic E-state index is -0.102. The summed E-state index contributed by atoms with van der Waals surface area (Å²) in [6.07, 6.45) is 3.43. The first-order valence-electron chi connectivity index (χ1n) is 6.63. The van der Waals surface area contributed by atoms with Gasteiger partial charge in [-0.2, -0.15) is 0 Å². The first-order chi connectivity index (χ1) is 10.2. The number of hydrogen-bond donors (Lipinski definition) is 1. The van der Waals surface area contributed by atoms with Crippen molar-refractivity contribution in [3.63, 3.8) is 0 Å². The number of nitrogens with one attached hydrogen (secondary N) is 1. The smallest absolute Gasteiger partial charge is 0.261 e. The third-order valence-electron chi connectivity index (χ3n) is 2.95. The van der Waals surface area contributed by atoms with E-state index in [-0.39, 0.29) is 11.8 Å². The maximum Gasteiger partial charge on any atom is 0.261 e. The molecule has 2 heterocycles. The number of nitrogens with zero attached hydrogens (tertiary/aromatic N) is 2. The molecule has 2 rings (SSSR count). The molecule has 6 heteroatoms. The van der Waals surface area contributed by atoms with E-state index in [2.05, 4.69) is 10.3 Å². The molecule has 0 radical (unpaired) electrons. The number of pyridine rings is 1. The second-order valence-corrected chi connectivity index (χ2v) is 5.48. The van der Waals surface area contributed by atoms with Crippen LogP contribution in [-0.4, -0.2) is 34.8 Å². The van der Waals surface area contributed by atoms with E-state index in [1.807, 2.05) is 23.6 Å². The van der Waals surface area contributed by atoms with Crippen molar-refractivity contribution < 1.29 is 9.59 Å². The highest BCUT2D eigenvalue weighted by molar-refractivity contribution is 7.12. The summed E-state index contributed by atoms with van der Waals surface area (Å²) in [4.78, 5) is 29.8. The van der Waals surface area contributed by atoms with Gasteiger partial charge in [0.25, 0.3) is 5.91 Å². The molecule has 0 aromatic carbocycles. The van der Waals surface area contributed by atoms with E-state index >= 15 is 0 Å². The summed E-state index contributed by atoms with van der Waals surface area (Å²) in [5.41, 5.74) is 0.970. The highest BCUT2D eigenvalue weighted by Crippen LogP contribution is 2.07. The average molecular weight is 303 g/mol. The van der Waals surface area contributed by atoms with E-state index in [4.69, 9.17) is 0 Å². The third kappa shape index (κ3) is 4.68. The molecule has 0 aliphatic rings. The van der Waals surface area contributed by atoms with E-state index in [9.17, 15) is 9.59 Å². The topological polar surface area (TPSA) is 62.3 Å². The minimum absolute atomic E-state index is 0.0239. The van der Waals surface area contributed by atoms with Gasteiger partial charge in [-0.05, 0) is 23.1 Å². The molecule has 1 N–H and O–H groups in total. The molecule has 0 aliphatic carbocycles. The van der Waals surface area contributed by atoms with Crippen LogP contribution < -0.4 is 5.32 Å². The van der Waals surface area contributed by atoms with Crippen LogP contribution >= 0.6 is 11.3 Å². The molecule has 2 aromatic rings. The van der Waals surface area contributed by atoms with E-state index in [1.54, 1.807) is 23.4 Å². The van der Waals surface area contributed by atoms with Crippen molar-refractivity contribution in [2.24, 2.45) is 0 Å². The van der Waals surface area contributed by atoms with Crippen LogP contribution in [0.5, 0.6) is 0 Å². The van der Waals surface area contributed by atoms with Crippen LogP contribution in [0.3, 0.4) is 0 Å². The van der Waals surface area contributed by atoms with Gasteiger partial charge in [-0.25, -0.2) is 0 Å². The molecule has 0 fully saturated rings. The molecule has 0 saturated carbocycles. The Morgan fingerprint density at radius 3 is 2.81 bits per heavy atom. The summed E-state index contributed by atoms with van der Waals surface area (Å²) in [5.74, 6) is -0.126. The van der Waals surface area contributed by atoms with Crippen molar-refractivity contribution in [2.45, 2.75) is 13.5 Å². The normalized spacial score (nSPS) is 10.1. The molecule has 0 unspecified atom stereocenters. The fourth-order valence-corrected chi connectivity index (χ4v) is 2.50. The Bertz CT molecular complexity index is 584. The van der Waals surface area contributed by atoms with Crippen LogP contribution in [0.2, 0.25) is 0 Å². The summed E-state index contributed by atoms with van der Waals surface area (Å²) < 4.78 is 0. The Kier molecular flexibility index (Phi) is 5.45. The van der Waals surface area contributed by atoms with Gasteiger partial charge in [0.05, 0.1) is 4.88 Å². The number of hydrogen-bond acceptors (Lipinski definition) is 4. The Morgan fingerprint density at radius 2 is 2.19 bits per heavy atom. The standard InChI is InChI=1S/C15H17N3O2S/c1-12(19)18(11-13-4-2-6-16-10-13)8-7-17-15(20)14-5-3-9-21-14/h2-6,9-10H,7-8,11H2,1H3,(H,17,20). The Balaban J connectivity index is 1.83. The van der Waals surface area contributed by atoms with Crippen LogP contribution in [0.1, 0.15) is 22.2 Å². The molecular formula is C15H17N3O2S. The van der Waals surface area contributed by atoms with Gasteiger partial charge >= 0.3 is 0 Å². The lowest BCUT2D eigenvalue weighted by Crippen LogP contribution is -2.37. The monoisotopic (exact) mass is 303 g/mol. The fraction of sp³-hybridized carbons (Fsp3) is 0.267. The van der Waals surface area contributed by atoms with Crippen molar-refractivity contribution in [3.8, 4) is 0 Å². The van der Waals surface area contributed by atoms with Gasteiger partial charge < -0.3 is 10.2 Å². The quantitative estimate of drug-likeness (QED) is 0.887. The second kappa shape index (κ2) is 7.54. The Hall–Kier alpha value is -2.21. The lowest BCUT2D eigenvalue weighted by molar-refractivity contribution is -0.129. The molecule has 0 aliphatic heterocycles. The average Bonchev–Trinajstić information content (AvgIpc) is 3.01. The van der Waals surface area contributed by atoms with Gasteiger partial charge in [-0.15, -0.1) is 11.3 Å². The maximum absolute atomic E-state index is 11.8. The molecule has 0 atom stereocenters. The predicted molar refractivity (Wildman–Crippen MR) is 82.0 cm³/mol. The van der Waals surface area contributed by atoms with E-state index < -0.39 is 0 Å². The minimum Gasteiger partial charge on any atom is -0.350 e. The van der Waals surface area contributed by atoms with Crippen molar-refractivity contribution >= 4 is 23.2 Å². The largest absolute Gasteiger partial charge is 0.350 e. The van der Waals surface area contributed by atoms with Crippen molar-refractivity contribution in [3.05, 3.63) is 52.5 Å². The lowest BCUT2D eigenvalue weighted by atomic mass is 10.2. The number of aromatic nitrogens is 1. The number of carbonyl (C=O) groups is 2. The number of amides is 2. The van der Waals surface area contributed by atoms with Crippen molar-refractivity contribution in [1.29, 1.82) is 0 Å². The molecule has 5 nitrogen and oxygen atoms in total. The summed E-state index contributed by atoms with van der Waals surface area (Å²) in [6.45, 7) is 2.92. The Labute approximate surface area is 127 Å². The summed E-state index contributed by atoms with van der Waals surface area (Å²) in [7, 11) is 0. The molecule has 0 saturated heterocycles. The zero-order valence-electron chi connectivity index (χ0n) is 11.8. The van der Waals surface area contributed by atoms with Crippen molar-refractivity contribution in [2.75, 3.05) is 13.1 Å². The van der Waals surface area contributed by atoms with Crippen LogP contribution in [0, 0.1) is 0 Å². The third-order valence-corrected chi connectivity index (χ3v) is 3.82. The molecule has 2 amide bonds. The summed E-state index contributed by atoms with van der Waals surface area (Å²) >= 11 is 1.40. The predicted octanol–water partition coefficient (Wildman–Crippen LogP) is 1.92. The van der Waals surface area contributed by atoms with Crippen LogP contribution in [0.15, 0.2) is 42.0 Å². The molecule has 0 bridgehead atoms. The summed E-state index contributed by atoms with van der Waals surface area (Å²) in [6, 6.07) is 7.38. The number of carbonyl (C=O) groups excluding carboxylic acids is 2. The van der Waals surface area contributed by atoms with E-state index in [0.717, 1.165) is 5.56 Å². The molecule has 0 spiro atoms. The zero-order valence-corrected chi connectivity index (χ0v) is 12.6. The number of rotatable bonds is 6. The second-order valence-electron chi connectivity index (χ2n) is 4.54. The van der Waals surface area contributed by atoms with E-state index in [0.29, 0.717) is 24.5 Å². The molecule has 21 heavy (non-hydrogen) atoms. The zero-order chi connectivity index (χ0) is 15.1. The van der Waals surface area contributed by atoms with Crippen LogP contribution in [-0.2, 0) is 11.3 Å². The Morgan fingerprint density at radius 1 is 1.33 bits per heavy atom. The van der Waals surface area contributed by atoms with Crippen molar-refractivity contribution in [1.82, 2.24) is 15.2 Å². The molecule has 2 aromatic heterocycles. The number of thiophene rings is 1. The van der Waals surface area contributed by atoms with Gasteiger partial charge in [0.1, 0.15) is 0 Å². The molecule has 110 valence electrons. The van der Waals surface area contributed by atoms with Gasteiger partial charge in [0, 0.05) is 39.0 Å². The van der Waals surface area contributed by atoms with Gasteiger partial charge in [-0.3, -0.25) is 14.6 Å². The first-order valence-corrected chi connectivity index (χ1v) is 7.51.